The Labute approximate surface area is 120 Å². The van der Waals surface area contributed by atoms with Gasteiger partial charge in [0.2, 0.25) is 0 Å². The lowest BCUT2D eigenvalue weighted by Crippen LogP contribution is -2.37. The summed E-state index contributed by atoms with van der Waals surface area (Å²) >= 11 is 0. The molecular formula is C15H21NO3S. The number of nitrogens with zero attached hydrogens (tertiary/aromatic N) is 1. The average Bonchev–Trinajstić information content (AvgIpc) is 2.77. The first-order valence-corrected chi connectivity index (χ1v) is 8.70. The van der Waals surface area contributed by atoms with Crippen molar-refractivity contribution < 1.29 is 13.2 Å². The summed E-state index contributed by atoms with van der Waals surface area (Å²) in [6.07, 6.45) is 0.536. The van der Waals surface area contributed by atoms with E-state index < -0.39 is 9.84 Å². The lowest BCUT2D eigenvalue weighted by molar-refractivity contribution is 0.0747. The highest BCUT2D eigenvalue weighted by Gasteiger charge is 2.32. The van der Waals surface area contributed by atoms with Crippen LogP contribution < -0.4 is 0 Å². The minimum absolute atomic E-state index is 0.0827. The smallest absolute Gasteiger partial charge is 0.253 e. The van der Waals surface area contributed by atoms with E-state index in [0.717, 1.165) is 0 Å². The molecule has 4 nitrogen and oxygen atoms in total. The predicted molar refractivity (Wildman–Crippen MR) is 79.7 cm³/mol. The van der Waals surface area contributed by atoms with Gasteiger partial charge >= 0.3 is 0 Å². The van der Waals surface area contributed by atoms with Crippen molar-refractivity contribution in [2.75, 3.05) is 18.6 Å². The summed E-state index contributed by atoms with van der Waals surface area (Å²) < 4.78 is 23.0. The lowest BCUT2D eigenvalue weighted by Gasteiger charge is -2.23. The maximum absolute atomic E-state index is 12.4. The lowest BCUT2D eigenvalue weighted by atomic mass is 10.0. The quantitative estimate of drug-likeness (QED) is 0.858. The van der Waals surface area contributed by atoms with Gasteiger partial charge in [0.25, 0.3) is 5.91 Å². The molecule has 1 fully saturated rings. The monoisotopic (exact) mass is 295 g/mol. The SMILES string of the molecule is CC(C)c1ccc(C(=O)N(C)[C@H]2CCS(=O)(=O)C2)cc1. The van der Waals surface area contributed by atoms with Gasteiger partial charge in [0, 0.05) is 18.7 Å². The molecule has 0 aliphatic carbocycles. The fraction of sp³-hybridized carbons (Fsp3) is 0.533. The second kappa shape index (κ2) is 5.56. The summed E-state index contributed by atoms with van der Waals surface area (Å²) in [5.41, 5.74) is 1.80. The maximum atomic E-state index is 12.4. The first-order chi connectivity index (χ1) is 9.30. The molecule has 0 bridgehead atoms. The summed E-state index contributed by atoms with van der Waals surface area (Å²) in [5, 5.41) is 0. The molecule has 5 heteroatoms. The highest BCUT2D eigenvalue weighted by Crippen LogP contribution is 2.20. The second-order valence-corrected chi connectivity index (χ2v) is 7.98. The summed E-state index contributed by atoms with van der Waals surface area (Å²) in [5.74, 6) is 0.584. The van der Waals surface area contributed by atoms with Gasteiger partial charge < -0.3 is 4.90 Å². The molecule has 1 atom stereocenters. The minimum atomic E-state index is -2.97. The van der Waals surface area contributed by atoms with Crippen LogP contribution in [0.4, 0.5) is 0 Å². The van der Waals surface area contributed by atoms with Crippen molar-refractivity contribution in [1.82, 2.24) is 4.90 Å². The molecular weight excluding hydrogens is 274 g/mol. The van der Waals surface area contributed by atoms with Crippen molar-refractivity contribution in [3.63, 3.8) is 0 Å². The number of amides is 1. The largest absolute Gasteiger partial charge is 0.338 e. The van der Waals surface area contributed by atoms with Crippen molar-refractivity contribution in [1.29, 1.82) is 0 Å². The normalized spacial score (nSPS) is 21.1. The average molecular weight is 295 g/mol. The van der Waals surface area contributed by atoms with Crippen LogP contribution in [-0.2, 0) is 9.84 Å². The molecule has 1 aliphatic heterocycles. The van der Waals surface area contributed by atoms with Gasteiger partial charge in [-0.15, -0.1) is 0 Å². The zero-order valence-corrected chi connectivity index (χ0v) is 13.0. The molecule has 2 rings (SSSR count). The second-order valence-electron chi connectivity index (χ2n) is 5.75. The predicted octanol–water partition coefficient (Wildman–Crippen LogP) is 2.07. The van der Waals surface area contributed by atoms with E-state index in [1.54, 1.807) is 11.9 Å². The summed E-state index contributed by atoms with van der Waals surface area (Å²) in [6, 6.07) is 7.35. The zero-order valence-electron chi connectivity index (χ0n) is 12.2. The number of benzene rings is 1. The summed E-state index contributed by atoms with van der Waals surface area (Å²) in [4.78, 5) is 13.9. The fourth-order valence-electron chi connectivity index (χ4n) is 2.46. The molecule has 0 saturated carbocycles. The topological polar surface area (TPSA) is 54.5 Å². The van der Waals surface area contributed by atoms with Crippen molar-refractivity contribution in [3.05, 3.63) is 35.4 Å². The Morgan fingerprint density at radius 3 is 2.30 bits per heavy atom. The highest BCUT2D eigenvalue weighted by molar-refractivity contribution is 7.91. The van der Waals surface area contributed by atoms with Crippen LogP contribution in [0.1, 0.15) is 42.1 Å². The molecule has 0 unspecified atom stereocenters. The summed E-state index contributed by atoms with van der Waals surface area (Å²) in [7, 11) is -1.28. The molecule has 1 aliphatic rings. The van der Waals surface area contributed by atoms with Crippen LogP contribution in [0.2, 0.25) is 0 Å². The molecule has 1 saturated heterocycles. The van der Waals surface area contributed by atoms with Gasteiger partial charge in [-0.2, -0.15) is 0 Å². The Morgan fingerprint density at radius 1 is 1.25 bits per heavy atom. The van der Waals surface area contributed by atoms with Gasteiger partial charge in [-0.05, 0) is 30.0 Å². The van der Waals surface area contributed by atoms with E-state index in [1.807, 2.05) is 24.3 Å². The Bertz CT molecular complexity index is 590. The van der Waals surface area contributed by atoms with E-state index in [9.17, 15) is 13.2 Å². The van der Waals surface area contributed by atoms with Crippen LogP contribution >= 0.6 is 0 Å². The molecule has 1 aromatic carbocycles. The fourth-order valence-corrected chi connectivity index (χ4v) is 4.24. The Kier molecular flexibility index (Phi) is 4.18. The molecule has 0 N–H and O–H groups in total. The van der Waals surface area contributed by atoms with Crippen LogP contribution in [0.3, 0.4) is 0 Å². The number of hydrogen-bond donors (Lipinski definition) is 0. The number of carbonyl (C=O) groups excluding carboxylic acids is 1. The molecule has 1 amide bonds. The van der Waals surface area contributed by atoms with E-state index >= 15 is 0 Å². The van der Waals surface area contributed by atoms with E-state index in [1.165, 1.54) is 5.56 Å². The molecule has 0 aromatic heterocycles. The van der Waals surface area contributed by atoms with Crippen LogP contribution in [0.5, 0.6) is 0 Å². The Morgan fingerprint density at radius 2 is 1.85 bits per heavy atom. The van der Waals surface area contributed by atoms with E-state index in [0.29, 0.717) is 17.9 Å². The van der Waals surface area contributed by atoms with Crippen LogP contribution in [0.25, 0.3) is 0 Å². The molecule has 1 aromatic rings. The minimum Gasteiger partial charge on any atom is -0.338 e. The first kappa shape index (κ1) is 15.0. The number of carbonyl (C=O) groups is 1. The van der Waals surface area contributed by atoms with Crippen LogP contribution in [-0.4, -0.2) is 43.8 Å². The van der Waals surface area contributed by atoms with E-state index in [2.05, 4.69) is 13.8 Å². The van der Waals surface area contributed by atoms with E-state index in [4.69, 9.17) is 0 Å². The molecule has 0 spiro atoms. The van der Waals surface area contributed by atoms with Gasteiger partial charge in [0.15, 0.2) is 9.84 Å². The Balaban J connectivity index is 2.11. The van der Waals surface area contributed by atoms with Crippen LogP contribution in [0, 0.1) is 0 Å². The third-order valence-corrected chi connectivity index (χ3v) is 5.65. The number of sulfone groups is 1. The first-order valence-electron chi connectivity index (χ1n) is 6.88. The summed E-state index contributed by atoms with van der Waals surface area (Å²) in [6.45, 7) is 4.21. The van der Waals surface area contributed by atoms with Gasteiger partial charge in [-0.1, -0.05) is 26.0 Å². The standard InChI is InChI=1S/C15H21NO3S/c1-11(2)12-4-6-13(7-5-12)15(17)16(3)14-8-9-20(18,19)10-14/h4-7,11,14H,8-10H2,1-3H3/t14-/m0/s1. The van der Waals surface area contributed by atoms with E-state index in [-0.39, 0.29) is 23.5 Å². The maximum Gasteiger partial charge on any atom is 0.253 e. The van der Waals surface area contributed by atoms with Crippen LogP contribution in [0.15, 0.2) is 24.3 Å². The molecule has 1 heterocycles. The zero-order chi connectivity index (χ0) is 14.9. The van der Waals surface area contributed by atoms with Gasteiger partial charge in [0.1, 0.15) is 0 Å². The third kappa shape index (κ3) is 3.20. The molecule has 20 heavy (non-hydrogen) atoms. The third-order valence-electron chi connectivity index (χ3n) is 3.90. The molecule has 110 valence electrons. The van der Waals surface area contributed by atoms with Gasteiger partial charge in [-0.3, -0.25) is 4.79 Å². The van der Waals surface area contributed by atoms with Crippen molar-refractivity contribution in [3.8, 4) is 0 Å². The van der Waals surface area contributed by atoms with Crippen molar-refractivity contribution in [2.24, 2.45) is 0 Å². The van der Waals surface area contributed by atoms with Crippen molar-refractivity contribution in [2.45, 2.75) is 32.2 Å². The van der Waals surface area contributed by atoms with Crippen molar-refractivity contribution >= 4 is 15.7 Å². The van der Waals surface area contributed by atoms with Gasteiger partial charge in [-0.25, -0.2) is 8.42 Å². The molecule has 0 radical (unpaired) electrons. The van der Waals surface area contributed by atoms with Gasteiger partial charge in [0.05, 0.1) is 11.5 Å². The number of rotatable bonds is 3. The number of hydrogen-bond acceptors (Lipinski definition) is 3. The highest BCUT2D eigenvalue weighted by atomic mass is 32.2. The Hall–Kier alpha value is -1.36.